The van der Waals surface area contributed by atoms with Crippen LogP contribution in [0, 0.1) is 13.8 Å². The van der Waals surface area contributed by atoms with Crippen molar-refractivity contribution in [3.8, 4) is 16.3 Å². The van der Waals surface area contributed by atoms with Gasteiger partial charge in [0, 0.05) is 23.6 Å². The average Bonchev–Trinajstić information content (AvgIpc) is 3.04. The van der Waals surface area contributed by atoms with Crippen molar-refractivity contribution in [2.75, 3.05) is 10.6 Å². The van der Waals surface area contributed by atoms with Crippen molar-refractivity contribution in [3.05, 3.63) is 72.1 Å². The van der Waals surface area contributed by atoms with Gasteiger partial charge in [0.25, 0.3) is 0 Å². The maximum absolute atomic E-state index is 9.61. The van der Waals surface area contributed by atoms with Gasteiger partial charge < -0.3 is 15.7 Å². The number of aromatic hydroxyl groups is 1. The molecule has 28 heavy (non-hydrogen) atoms. The Morgan fingerprint density at radius 1 is 0.929 bits per heavy atom. The van der Waals surface area contributed by atoms with Crippen LogP contribution in [0.1, 0.15) is 11.3 Å². The molecule has 0 aliphatic rings. The number of benzene rings is 2. The average molecular weight is 389 g/mol. The Hall–Kier alpha value is -3.45. The van der Waals surface area contributed by atoms with Gasteiger partial charge in [-0.05, 0) is 43.7 Å². The summed E-state index contributed by atoms with van der Waals surface area (Å²) in [5.74, 6) is 0.649. The zero-order valence-corrected chi connectivity index (χ0v) is 16.3. The normalized spacial score (nSPS) is 10.6. The predicted octanol–water partition coefficient (Wildman–Crippen LogP) is 5.41. The van der Waals surface area contributed by atoms with E-state index in [9.17, 15) is 5.11 Å². The third-order valence-corrected chi connectivity index (χ3v) is 5.27. The van der Waals surface area contributed by atoms with Crippen molar-refractivity contribution in [1.82, 2.24) is 15.0 Å². The molecular formula is C21H19N5OS. The molecule has 0 saturated heterocycles. The highest BCUT2D eigenvalue weighted by molar-refractivity contribution is 7.19. The fourth-order valence-electron chi connectivity index (χ4n) is 2.77. The van der Waals surface area contributed by atoms with Crippen LogP contribution in [0.2, 0.25) is 0 Å². The van der Waals surface area contributed by atoms with Gasteiger partial charge in [0.2, 0.25) is 5.95 Å². The highest BCUT2D eigenvalue weighted by Crippen LogP contribution is 2.34. The molecule has 0 spiro atoms. The molecule has 0 atom stereocenters. The Balaban J connectivity index is 1.59. The van der Waals surface area contributed by atoms with Crippen LogP contribution in [-0.2, 0) is 0 Å². The van der Waals surface area contributed by atoms with E-state index in [1.165, 1.54) is 0 Å². The molecule has 0 amide bonds. The first kappa shape index (κ1) is 17.9. The van der Waals surface area contributed by atoms with Crippen LogP contribution < -0.4 is 10.6 Å². The minimum atomic E-state index is 0.186. The van der Waals surface area contributed by atoms with E-state index in [1.54, 1.807) is 35.7 Å². The van der Waals surface area contributed by atoms with Crippen molar-refractivity contribution in [2.24, 2.45) is 0 Å². The molecule has 6 nitrogen and oxygen atoms in total. The molecule has 4 aromatic rings. The number of rotatable bonds is 5. The van der Waals surface area contributed by atoms with Crippen LogP contribution in [0.4, 0.5) is 22.5 Å². The fourth-order valence-corrected chi connectivity index (χ4v) is 3.72. The molecule has 7 heteroatoms. The number of phenolic OH excluding ortho intramolecular Hbond substituents is 1. The first-order chi connectivity index (χ1) is 13.6. The number of anilines is 4. The number of aromatic nitrogens is 3. The summed E-state index contributed by atoms with van der Waals surface area (Å²) < 4.78 is 0. The van der Waals surface area contributed by atoms with Crippen molar-refractivity contribution >= 4 is 33.8 Å². The minimum Gasteiger partial charge on any atom is -0.508 e. The van der Waals surface area contributed by atoms with Crippen LogP contribution in [0.25, 0.3) is 10.6 Å². The third-order valence-electron chi connectivity index (χ3n) is 4.17. The summed E-state index contributed by atoms with van der Waals surface area (Å²) in [6, 6.07) is 16.8. The maximum atomic E-state index is 9.61. The summed E-state index contributed by atoms with van der Waals surface area (Å²) >= 11 is 1.55. The Labute approximate surface area is 167 Å². The van der Waals surface area contributed by atoms with Crippen molar-refractivity contribution in [1.29, 1.82) is 0 Å². The number of thiazole rings is 1. The first-order valence-electron chi connectivity index (χ1n) is 8.78. The van der Waals surface area contributed by atoms with Crippen molar-refractivity contribution in [2.45, 2.75) is 13.8 Å². The van der Waals surface area contributed by atoms with Gasteiger partial charge in [0.15, 0.2) is 5.13 Å². The Bertz CT molecular complexity index is 1130. The van der Waals surface area contributed by atoms with Crippen LogP contribution in [0.15, 0.2) is 60.8 Å². The van der Waals surface area contributed by atoms with Crippen LogP contribution >= 0.6 is 11.3 Å². The Morgan fingerprint density at radius 3 is 2.61 bits per heavy atom. The molecule has 0 fully saturated rings. The largest absolute Gasteiger partial charge is 0.508 e. The Morgan fingerprint density at radius 2 is 1.79 bits per heavy atom. The van der Waals surface area contributed by atoms with E-state index < -0.39 is 0 Å². The molecule has 3 N–H and O–H groups in total. The van der Waals surface area contributed by atoms with E-state index in [0.29, 0.717) is 5.95 Å². The van der Waals surface area contributed by atoms with Gasteiger partial charge in [0.1, 0.15) is 5.75 Å². The lowest BCUT2D eigenvalue weighted by Crippen LogP contribution is -1.97. The second-order valence-corrected chi connectivity index (χ2v) is 7.31. The maximum Gasteiger partial charge on any atom is 0.227 e. The summed E-state index contributed by atoms with van der Waals surface area (Å²) in [5, 5.41) is 16.9. The molecule has 0 radical (unpaired) electrons. The molecule has 2 heterocycles. The summed E-state index contributed by atoms with van der Waals surface area (Å²) in [6.45, 7) is 4.03. The van der Waals surface area contributed by atoms with E-state index in [1.807, 2.05) is 37.3 Å². The molecule has 2 aromatic heterocycles. The van der Waals surface area contributed by atoms with E-state index in [4.69, 9.17) is 0 Å². The highest BCUT2D eigenvalue weighted by atomic mass is 32.1. The van der Waals surface area contributed by atoms with Crippen LogP contribution in [0.5, 0.6) is 5.75 Å². The van der Waals surface area contributed by atoms with Gasteiger partial charge in [-0.3, -0.25) is 0 Å². The predicted molar refractivity (Wildman–Crippen MR) is 114 cm³/mol. The SMILES string of the molecule is Cc1ccccc1Nc1nc(C)c(-c2ccnc(Nc3cccc(O)c3)n2)s1. The molecule has 140 valence electrons. The van der Waals surface area contributed by atoms with Crippen LogP contribution in [-0.4, -0.2) is 20.1 Å². The van der Waals surface area contributed by atoms with Gasteiger partial charge >= 0.3 is 0 Å². The summed E-state index contributed by atoms with van der Waals surface area (Å²) in [5.41, 5.74) is 4.63. The summed E-state index contributed by atoms with van der Waals surface area (Å²) in [7, 11) is 0. The lowest BCUT2D eigenvalue weighted by atomic mass is 10.2. The number of nitrogens with one attached hydrogen (secondary N) is 2. The molecule has 0 aliphatic heterocycles. The first-order valence-corrected chi connectivity index (χ1v) is 9.60. The smallest absolute Gasteiger partial charge is 0.227 e. The number of hydrogen-bond acceptors (Lipinski definition) is 7. The molecule has 0 unspecified atom stereocenters. The number of phenols is 1. The minimum absolute atomic E-state index is 0.186. The van der Waals surface area contributed by atoms with E-state index >= 15 is 0 Å². The quantitative estimate of drug-likeness (QED) is 0.423. The highest BCUT2D eigenvalue weighted by Gasteiger charge is 2.13. The number of para-hydroxylation sites is 1. The van der Waals surface area contributed by atoms with Crippen LogP contribution in [0.3, 0.4) is 0 Å². The monoisotopic (exact) mass is 389 g/mol. The van der Waals surface area contributed by atoms with Crippen molar-refractivity contribution < 1.29 is 5.11 Å². The van der Waals surface area contributed by atoms with E-state index in [0.717, 1.165) is 38.3 Å². The summed E-state index contributed by atoms with van der Waals surface area (Å²) in [4.78, 5) is 14.5. The topological polar surface area (TPSA) is 83.0 Å². The third kappa shape index (κ3) is 3.94. The molecule has 0 bridgehead atoms. The number of nitrogens with zero attached hydrogens (tertiary/aromatic N) is 3. The lowest BCUT2D eigenvalue weighted by molar-refractivity contribution is 0.475. The molecule has 0 aliphatic carbocycles. The van der Waals surface area contributed by atoms with Gasteiger partial charge in [-0.2, -0.15) is 0 Å². The standard InChI is InChI=1S/C21H19N5OS/c1-13-6-3-4-9-17(13)26-21-23-14(2)19(28-21)18-10-11-22-20(25-18)24-15-7-5-8-16(27)12-15/h3-12,27H,1-2H3,(H,23,26)(H,22,24,25). The second-order valence-electron chi connectivity index (χ2n) is 6.31. The molecule has 0 saturated carbocycles. The molecular weight excluding hydrogens is 370 g/mol. The number of aryl methyl sites for hydroxylation is 2. The van der Waals surface area contributed by atoms with Gasteiger partial charge in [0.05, 0.1) is 16.3 Å². The van der Waals surface area contributed by atoms with Gasteiger partial charge in [-0.1, -0.05) is 35.6 Å². The Kier molecular flexibility index (Phi) is 4.90. The van der Waals surface area contributed by atoms with Gasteiger partial charge in [-0.25, -0.2) is 15.0 Å². The van der Waals surface area contributed by atoms with Gasteiger partial charge in [-0.15, -0.1) is 0 Å². The van der Waals surface area contributed by atoms with Crippen molar-refractivity contribution in [3.63, 3.8) is 0 Å². The molecule has 2 aromatic carbocycles. The van der Waals surface area contributed by atoms with E-state index in [-0.39, 0.29) is 5.75 Å². The number of hydrogen-bond donors (Lipinski definition) is 3. The zero-order chi connectivity index (χ0) is 19.5. The zero-order valence-electron chi connectivity index (χ0n) is 15.5. The lowest BCUT2D eigenvalue weighted by Gasteiger charge is -2.06. The molecule has 4 rings (SSSR count). The second kappa shape index (κ2) is 7.66. The fraction of sp³-hybridized carbons (Fsp3) is 0.0952. The summed E-state index contributed by atoms with van der Waals surface area (Å²) in [6.07, 6.45) is 1.71. The van der Waals surface area contributed by atoms with E-state index in [2.05, 4.69) is 38.6 Å².